The number of hydrogen-bond acceptors (Lipinski definition) is 3. The molecule has 0 aliphatic carbocycles. The molecule has 0 saturated carbocycles. The van der Waals surface area contributed by atoms with Crippen LogP contribution in [0.5, 0.6) is 5.75 Å². The van der Waals surface area contributed by atoms with Gasteiger partial charge in [-0.1, -0.05) is 41.4 Å². The van der Waals surface area contributed by atoms with E-state index in [1.165, 1.54) is 0 Å². The van der Waals surface area contributed by atoms with Crippen molar-refractivity contribution in [2.45, 2.75) is 38.9 Å². The highest BCUT2D eigenvalue weighted by atomic mass is 79.9. The number of halogens is 2. The second-order valence-corrected chi connectivity index (χ2v) is 7.22. The van der Waals surface area contributed by atoms with Crippen LogP contribution >= 0.6 is 27.5 Å². The Morgan fingerprint density at radius 3 is 2.90 bits per heavy atom. The van der Waals surface area contributed by atoms with Crippen LogP contribution in [0.2, 0.25) is 5.02 Å². The van der Waals surface area contributed by atoms with E-state index in [4.69, 9.17) is 21.1 Å². The number of ether oxygens (including phenoxy) is 2. The van der Waals surface area contributed by atoms with Crippen molar-refractivity contribution in [1.29, 1.82) is 0 Å². The summed E-state index contributed by atoms with van der Waals surface area (Å²) in [4.78, 5) is 0. The molecule has 1 fully saturated rings. The Balaban J connectivity index is 1.71. The molecule has 21 heavy (non-hydrogen) atoms. The van der Waals surface area contributed by atoms with Crippen molar-refractivity contribution in [2.24, 2.45) is 5.92 Å². The molecule has 0 radical (unpaired) electrons. The summed E-state index contributed by atoms with van der Waals surface area (Å²) in [5.74, 6) is 1.38. The molecule has 2 rings (SSSR count). The van der Waals surface area contributed by atoms with Crippen molar-refractivity contribution in [3.05, 3.63) is 27.7 Å². The molecule has 0 bridgehead atoms. The molecule has 118 valence electrons. The van der Waals surface area contributed by atoms with Crippen LogP contribution in [-0.4, -0.2) is 31.9 Å². The van der Waals surface area contributed by atoms with Crippen molar-refractivity contribution in [3.63, 3.8) is 0 Å². The standard InChI is InChI=1S/C16H23BrClNO2/c1-11(2)8-19-9-13-4-5-14(21-13)10-20-16-7-12(17)3-6-15(16)18/h3,6-7,11,13-14,19H,4-5,8-10H2,1-2H3. The van der Waals surface area contributed by atoms with E-state index >= 15 is 0 Å². The first-order valence-corrected chi connectivity index (χ1v) is 8.65. The number of rotatable bonds is 7. The second-order valence-electron chi connectivity index (χ2n) is 5.90. The van der Waals surface area contributed by atoms with Gasteiger partial charge in [-0.05, 0) is 43.5 Å². The summed E-state index contributed by atoms with van der Waals surface area (Å²) in [6.45, 7) is 6.93. The van der Waals surface area contributed by atoms with Crippen LogP contribution < -0.4 is 10.1 Å². The summed E-state index contributed by atoms with van der Waals surface area (Å²) in [5, 5.41) is 4.08. The maximum absolute atomic E-state index is 6.11. The normalized spacial score (nSPS) is 22.0. The molecule has 1 aliphatic heterocycles. The van der Waals surface area contributed by atoms with Gasteiger partial charge in [0.25, 0.3) is 0 Å². The average molecular weight is 377 g/mol. The van der Waals surface area contributed by atoms with E-state index < -0.39 is 0 Å². The first kappa shape index (κ1) is 17.1. The lowest BCUT2D eigenvalue weighted by Gasteiger charge is -2.16. The molecular formula is C16H23BrClNO2. The smallest absolute Gasteiger partial charge is 0.139 e. The molecule has 3 nitrogen and oxygen atoms in total. The summed E-state index contributed by atoms with van der Waals surface area (Å²) < 4.78 is 12.7. The van der Waals surface area contributed by atoms with E-state index in [0.717, 1.165) is 30.4 Å². The summed E-state index contributed by atoms with van der Waals surface area (Å²) in [5.41, 5.74) is 0. The van der Waals surface area contributed by atoms with E-state index in [-0.39, 0.29) is 6.10 Å². The van der Waals surface area contributed by atoms with Gasteiger partial charge >= 0.3 is 0 Å². The molecule has 0 aromatic heterocycles. The summed E-state index contributed by atoms with van der Waals surface area (Å²) >= 11 is 9.53. The molecule has 1 aliphatic rings. The van der Waals surface area contributed by atoms with Crippen LogP contribution in [-0.2, 0) is 4.74 Å². The van der Waals surface area contributed by atoms with Gasteiger partial charge in [-0.3, -0.25) is 0 Å². The average Bonchev–Trinajstić information content (AvgIpc) is 2.87. The van der Waals surface area contributed by atoms with Crippen LogP contribution in [0.4, 0.5) is 0 Å². The Hall–Kier alpha value is -0.290. The Morgan fingerprint density at radius 1 is 1.38 bits per heavy atom. The third kappa shape index (κ3) is 5.78. The van der Waals surface area contributed by atoms with Gasteiger partial charge in [-0.2, -0.15) is 0 Å². The summed E-state index contributed by atoms with van der Waals surface area (Å²) in [6, 6.07) is 5.62. The molecular weight excluding hydrogens is 354 g/mol. The molecule has 1 saturated heterocycles. The molecule has 1 heterocycles. The maximum Gasteiger partial charge on any atom is 0.139 e. The zero-order valence-electron chi connectivity index (χ0n) is 12.6. The molecule has 2 unspecified atom stereocenters. The minimum atomic E-state index is 0.158. The fourth-order valence-corrected chi connectivity index (χ4v) is 2.87. The molecule has 0 amide bonds. The van der Waals surface area contributed by atoms with Crippen LogP contribution in [0.15, 0.2) is 22.7 Å². The number of hydrogen-bond donors (Lipinski definition) is 1. The van der Waals surface area contributed by atoms with Crippen molar-refractivity contribution in [3.8, 4) is 5.75 Å². The van der Waals surface area contributed by atoms with Crippen LogP contribution in [0.3, 0.4) is 0 Å². The van der Waals surface area contributed by atoms with Crippen LogP contribution in [0.1, 0.15) is 26.7 Å². The van der Waals surface area contributed by atoms with Crippen LogP contribution in [0, 0.1) is 5.92 Å². The second kappa shape index (κ2) is 8.37. The molecule has 0 spiro atoms. The van der Waals surface area contributed by atoms with Gasteiger partial charge in [0.1, 0.15) is 12.4 Å². The minimum absolute atomic E-state index is 0.158. The predicted octanol–water partition coefficient (Wildman–Crippen LogP) is 4.27. The van der Waals surface area contributed by atoms with Gasteiger partial charge in [0.15, 0.2) is 0 Å². The Morgan fingerprint density at radius 2 is 2.14 bits per heavy atom. The van der Waals surface area contributed by atoms with Crippen LogP contribution in [0.25, 0.3) is 0 Å². The summed E-state index contributed by atoms with van der Waals surface area (Å²) in [6.07, 6.45) is 2.59. The number of nitrogens with one attached hydrogen (secondary N) is 1. The first-order chi connectivity index (χ1) is 10.0. The lowest BCUT2D eigenvalue weighted by molar-refractivity contribution is 0.0184. The lowest BCUT2D eigenvalue weighted by atomic mass is 10.2. The number of benzene rings is 1. The molecule has 5 heteroatoms. The lowest BCUT2D eigenvalue weighted by Crippen LogP contribution is -2.30. The SMILES string of the molecule is CC(C)CNCC1CCC(COc2cc(Br)ccc2Cl)O1. The molecule has 1 N–H and O–H groups in total. The molecule has 1 aromatic rings. The highest BCUT2D eigenvalue weighted by Gasteiger charge is 2.25. The first-order valence-electron chi connectivity index (χ1n) is 7.48. The quantitative estimate of drug-likeness (QED) is 0.770. The van der Waals surface area contributed by atoms with Crippen molar-refractivity contribution >= 4 is 27.5 Å². The van der Waals surface area contributed by atoms with Gasteiger partial charge < -0.3 is 14.8 Å². The van der Waals surface area contributed by atoms with E-state index in [1.54, 1.807) is 0 Å². The van der Waals surface area contributed by atoms with E-state index in [0.29, 0.717) is 29.4 Å². The topological polar surface area (TPSA) is 30.5 Å². The van der Waals surface area contributed by atoms with Crippen molar-refractivity contribution < 1.29 is 9.47 Å². The Bertz CT molecular complexity index is 456. The van der Waals surface area contributed by atoms with Gasteiger partial charge in [0, 0.05) is 11.0 Å². The fraction of sp³-hybridized carbons (Fsp3) is 0.625. The van der Waals surface area contributed by atoms with Gasteiger partial charge in [0.05, 0.1) is 17.2 Å². The third-order valence-corrected chi connectivity index (χ3v) is 4.24. The van der Waals surface area contributed by atoms with Gasteiger partial charge in [0.2, 0.25) is 0 Å². The Labute approximate surface area is 140 Å². The fourth-order valence-electron chi connectivity index (χ4n) is 2.36. The summed E-state index contributed by atoms with van der Waals surface area (Å²) in [7, 11) is 0. The van der Waals surface area contributed by atoms with Crippen molar-refractivity contribution in [2.75, 3.05) is 19.7 Å². The predicted molar refractivity (Wildman–Crippen MR) is 90.2 cm³/mol. The highest BCUT2D eigenvalue weighted by molar-refractivity contribution is 9.10. The largest absolute Gasteiger partial charge is 0.489 e. The molecule has 1 aromatic carbocycles. The zero-order valence-corrected chi connectivity index (χ0v) is 14.9. The third-order valence-electron chi connectivity index (χ3n) is 3.44. The zero-order chi connectivity index (χ0) is 15.2. The van der Waals surface area contributed by atoms with Gasteiger partial charge in [-0.25, -0.2) is 0 Å². The minimum Gasteiger partial charge on any atom is -0.489 e. The molecule has 2 atom stereocenters. The van der Waals surface area contributed by atoms with E-state index in [1.807, 2.05) is 18.2 Å². The van der Waals surface area contributed by atoms with Gasteiger partial charge in [-0.15, -0.1) is 0 Å². The highest BCUT2D eigenvalue weighted by Crippen LogP contribution is 2.29. The van der Waals surface area contributed by atoms with E-state index in [9.17, 15) is 0 Å². The van der Waals surface area contributed by atoms with E-state index in [2.05, 4.69) is 35.1 Å². The maximum atomic E-state index is 6.11. The Kier molecular flexibility index (Phi) is 6.80. The van der Waals surface area contributed by atoms with Crippen molar-refractivity contribution in [1.82, 2.24) is 5.32 Å². The monoisotopic (exact) mass is 375 g/mol.